The van der Waals surface area contributed by atoms with Gasteiger partial charge >= 0.3 is 10.1 Å². The Balaban J connectivity index is 1.52. The third kappa shape index (κ3) is 3.37. The first-order valence-corrected chi connectivity index (χ1v) is 12.3. The van der Waals surface area contributed by atoms with Gasteiger partial charge in [0.2, 0.25) is 0 Å². The average molecular weight is 477 g/mol. The van der Waals surface area contributed by atoms with Crippen LogP contribution in [-0.4, -0.2) is 31.6 Å². The quantitative estimate of drug-likeness (QED) is 0.485. The summed E-state index contributed by atoms with van der Waals surface area (Å²) in [5, 5.41) is 9.22. The summed E-state index contributed by atoms with van der Waals surface area (Å²) in [6.07, 6.45) is 0.603. The number of fused-ring (bicyclic) bond motifs is 3. The van der Waals surface area contributed by atoms with E-state index >= 15 is 0 Å². The molecule has 2 aromatic carbocycles. The molecule has 2 saturated carbocycles. The van der Waals surface area contributed by atoms with E-state index in [1.54, 1.807) is 36.4 Å². The molecule has 3 aliphatic rings. The maximum atomic E-state index is 13.6. The van der Waals surface area contributed by atoms with Gasteiger partial charge in [-0.05, 0) is 48.4 Å². The van der Waals surface area contributed by atoms with Crippen molar-refractivity contribution in [1.82, 2.24) is 0 Å². The Morgan fingerprint density at radius 1 is 0.853 bits per heavy atom. The summed E-state index contributed by atoms with van der Waals surface area (Å²) in [5.41, 5.74) is 0.577. The first kappa shape index (κ1) is 22.2. The number of nitrogens with zero attached hydrogens (tertiary/aromatic N) is 1. The van der Waals surface area contributed by atoms with Crippen molar-refractivity contribution in [2.75, 3.05) is 0 Å². The molecular weight excluding hydrogens is 458 g/mol. The lowest BCUT2D eigenvalue weighted by molar-refractivity contribution is -0.148. The van der Waals surface area contributed by atoms with Gasteiger partial charge in [-0.25, -0.2) is 0 Å². The van der Waals surface area contributed by atoms with Gasteiger partial charge in [0.05, 0.1) is 23.5 Å². The maximum absolute atomic E-state index is 13.6. The molecule has 0 aromatic heterocycles. The predicted octanol–water partition coefficient (Wildman–Crippen LogP) is 2.31. The molecule has 0 spiro atoms. The van der Waals surface area contributed by atoms with Crippen LogP contribution in [0.3, 0.4) is 0 Å². The topological polar surface area (TPSA) is 135 Å². The number of benzene rings is 2. The predicted molar refractivity (Wildman–Crippen MR) is 116 cm³/mol. The lowest BCUT2D eigenvalue weighted by Gasteiger charge is -2.43. The van der Waals surface area contributed by atoms with Crippen molar-refractivity contribution >= 4 is 33.3 Å². The smallest absolute Gasteiger partial charge is 0.339 e. The highest BCUT2D eigenvalue weighted by molar-refractivity contribution is 7.87. The molecule has 2 fully saturated rings. The summed E-state index contributed by atoms with van der Waals surface area (Å²) in [6.45, 7) is 0. The van der Waals surface area contributed by atoms with Crippen LogP contribution >= 0.6 is 0 Å². The van der Waals surface area contributed by atoms with Gasteiger partial charge in [-0.15, -0.1) is 0 Å². The second-order valence-corrected chi connectivity index (χ2v) is 10.5. The Bertz CT molecular complexity index is 1390. The van der Waals surface area contributed by atoms with Gasteiger partial charge in [-0.1, -0.05) is 30.3 Å². The van der Waals surface area contributed by atoms with Crippen molar-refractivity contribution in [2.24, 2.45) is 29.6 Å². The number of carbonyl (C=O) groups excluding carboxylic acids is 4. The van der Waals surface area contributed by atoms with Crippen LogP contribution in [0.4, 0.5) is 0 Å². The molecule has 9 heteroatoms. The molecule has 172 valence electrons. The summed E-state index contributed by atoms with van der Waals surface area (Å²) < 4.78 is 30.9. The van der Waals surface area contributed by atoms with Crippen LogP contribution in [0.1, 0.15) is 28.8 Å². The lowest BCUT2D eigenvalue weighted by atomic mass is 9.56. The van der Waals surface area contributed by atoms with Gasteiger partial charge in [0.1, 0.15) is 4.90 Å². The summed E-state index contributed by atoms with van der Waals surface area (Å²) in [7, 11) is -4.22. The fourth-order valence-electron chi connectivity index (χ4n) is 5.57. The van der Waals surface area contributed by atoms with Gasteiger partial charge < -0.3 is 4.18 Å². The first-order valence-electron chi connectivity index (χ1n) is 10.9. The molecular formula is C25H19NO7S. The van der Waals surface area contributed by atoms with Crippen LogP contribution in [-0.2, 0) is 30.9 Å². The summed E-state index contributed by atoms with van der Waals surface area (Å²) in [5.74, 6) is -7.29. The minimum absolute atomic E-state index is 0.0197. The van der Waals surface area contributed by atoms with Crippen molar-refractivity contribution in [3.8, 4) is 11.8 Å². The third-order valence-electron chi connectivity index (χ3n) is 7.02. The summed E-state index contributed by atoms with van der Waals surface area (Å²) >= 11 is 0. The number of hydrogen-bond acceptors (Lipinski definition) is 8. The van der Waals surface area contributed by atoms with Crippen molar-refractivity contribution in [3.05, 3.63) is 59.7 Å². The van der Waals surface area contributed by atoms with E-state index in [9.17, 15) is 32.9 Å². The highest BCUT2D eigenvalue weighted by Crippen LogP contribution is 2.48. The highest BCUT2D eigenvalue weighted by atomic mass is 32.2. The number of Topliss-reactive ketones (excluding diaryl/α,β-unsaturated/α-hetero) is 4. The van der Waals surface area contributed by atoms with Crippen molar-refractivity contribution in [1.29, 1.82) is 5.26 Å². The van der Waals surface area contributed by atoms with E-state index in [0.717, 1.165) is 0 Å². The third-order valence-corrected chi connectivity index (χ3v) is 8.27. The van der Waals surface area contributed by atoms with Crippen molar-refractivity contribution in [2.45, 2.75) is 24.2 Å². The molecule has 0 amide bonds. The van der Waals surface area contributed by atoms with Gasteiger partial charge in [0.15, 0.2) is 34.8 Å². The lowest BCUT2D eigenvalue weighted by Crippen LogP contribution is -2.54. The highest BCUT2D eigenvalue weighted by Gasteiger charge is 2.56. The van der Waals surface area contributed by atoms with Crippen LogP contribution in [0.25, 0.3) is 0 Å². The zero-order chi connectivity index (χ0) is 24.2. The largest absolute Gasteiger partial charge is 0.378 e. The molecule has 0 heterocycles. The molecule has 3 aliphatic carbocycles. The molecule has 5 unspecified atom stereocenters. The van der Waals surface area contributed by atoms with Gasteiger partial charge in [-0.3, -0.25) is 19.2 Å². The molecule has 5 atom stereocenters. The van der Waals surface area contributed by atoms with Crippen LogP contribution in [0.2, 0.25) is 0 Å². The fraction of sp³-hybridized carbons (Fsp3) is 0.320. The second kappa shape index (κ2) is 7.99. The molecule has 0 N–H and O–H groups in total. The number of hydrogen-bond donors (Lipinski definition) is 0. The molecule has 0 bridgehead atoms. The molecule has 0 saturated heterocycles. The Kier molecular flexibility index (Phi) is 5.21. The number of carbonyl (C=O) groups is 4. The first-order chi connectivity index (χ1) is 16.2. The Hall–Kier alpha value is -3.64. The Morgan fingerprint density at radius 2 is 1.56 bits per heavy atom. The zero-order valence-corrected chi connectivity index (χ0v) is 18.7. The van der Waals surface area contributed by atoms with Crippen LogP contribution in [0, 0.1) is 40.9 Å². The normalized spacial score (nSPS) is 28.4. The van der Waals surface area contributed by atoms with Crippen LogP contribution in [0.15, 0.2) is 53.4 Å². The van der Waals surface area contributed by atoms with E-state index < -0.39 is 62.8 Å². The minimum atomic E-state index is -4.22. The van der Waals surface area contributed by atoms with Gasteiger partial charge in [-0.2, -0.15) is 13.7 Å². The molecule has 0 radical (unpaired) electrons. The summed E-state index contributed by atoms with van der Waals surface area (Å²) in [6, 6.07) is 13.8. The van der Waals surface area contributed by atoms with Crippen LogP contribution in [0.5, 0.6) is 5.75 Å². The van der Waals surface area contributed by atoms with E-state index in [-0.39, 0.29) is 22.6 Å². The van der Waals surface area contributed by atoms with Gasteiger partial charge in [0.25, 0.3) is 0 Å². The van der Waals surface area contributed by atoms with Crippen molar-refractivity contribution < 1.29 is 31.8 Å². The van der Waals surface area contributed by atoms with E-state index in [1.165, 1.54) is 18.2 Å². The minimum Gasteiger partial charge on any atom is -0.378 e. The van der Waals surface area contributed by atoms with Crippen molar-refractivity contribution in [3.63, 3.8) is 0 Å². The Morgan fingerprint density at radius 3 is 2.26 bits per heavy atom. The number of nitriles is 1. The summed E-state index contributed by atoms with van der Waals surface area (Å²) in [4.78, 5) is 51.9. The molecule has 0 aliphatic heterocycles. The number of rotatable bonds is 3. The van der Waals surface area contributed by atoms with Gasteiger partial charge in [0, 0.05) is 6.42 Å². The molecule has 34 heavy (non-hydrogen) atoms. The molecule has 2 aromatic rings. The fourth-order valence-corrected chi connectivity index (χ4v) is 6.54. The Labute approximate surface area is 195 Å². The monoisotopic (exact) mass is 477 g/mol. The average Bonchev–Trinajstić information content (AvgIpc) is 2.79. The van der Waals surface area contributed by atoms with E-state index in [4.69, 9.17) is 4.18 Å². The standard InChI is InChI=1S/C25H19NO7S/c26-12-17-18(27)11-15-10-14-9-13-5-4-8-19(33-34(31,32)16-6-2-1-3-7-16)20(13)24(29)22(14)25(30)21(15)23(17)28/h1-8,14-15,17,21-22H,9-11H2. The van der Waals surface area contributed by atoms with Crippen LogP contribution < -0.4 is 4.18 Å². The van der Waals surface area contributed by atoms with E-state index in [2.05, 4.69) is 0 Å². The van der Waals surface area contributed by atoms with E-state index in [0.29, 0.717) is 18.4 Å². The maximum Gasteiger partial charge on any atom is 0.339 e. The number of ketones is 4. The molecule has 5 rings (SSSR count). The van der Waals surface area contributed by atoms with E-state index in [1.807, 2.05) is 0 Å². The SMILES string of the molecule is N#CC1C(=O)CC2CC3Cc4cccc(OS(=O)(=O)c5ccccc5)c4C(=O)C3C(=O)C2C1=O. The zero-order valence-electron chi connectivity index (χ0n) is 17.8. The molecule has 8 nitrogen and oxygen atoms in total. The second-order valence-electron chi connectivity index (χ2n) is 8.96.